The fourth-order valence-electron chi connectivity index (χ4n) is 1.62. The zero-order valence-corrected chi connectivity index (χ0v) is 15.0. The molecule has 0 bridgehead atoms. The Kier molecular flexibility index (Phi) is 8.12. The second-order valence-corrected chi connectivity index (χ2v) is 7.60. The molecule has 0 aliphatic carbocycles. The van der Waals surface area contributed by atoms with E-state index in [-0.39, 0.29) is 19.8 Å². The first kappa shape index (κ1) is 20.0. The van der Waals surface area contributed by atoms with Crippen LogP contribution in [0.25, 0.3) is 6.08 Å². The number of quaternary nitrogens is 1. The Balaban J connectivity index is 2.17. The lowest BCUT2D eigenvalue weighted by atomic mass is 10.1. The van der Waals surface area contributed by atoms with Gasteiger partial charge >= 0.3 is 7.82 Å². The summed E-state index contributed by atoms with van der Waals surface area (Å²) in [5.41, 5.74) is 2.06. The van der Waals surface area contributed by atoms with Crippen LogP contribution in [0, 0.1) is 0 Å². The van der Waals surface area contributed by atoms with Gasteiger partial charge in [0.2, 0.25) is 0 Å². The second kappa shape index (κ2) is 9.33. The highest BCUT2D eigenvalue weighted by Gasteiger charge is 2.22. The monoisotopic (exact) mass is 344 g/mol. The van der Waals surface area contributed by atoms with Gasteiger partial charge in [-0.3, -0.25) is 9.05 Å². The van der Waals surface area contributed by atoms with E-state index in [1.807, 2.05) is 45.4 Å². The van der Waals surface area contributed by atoms with E-state index in [9.17, 15) is 9.46 Å². The Hall–Kier alpha value is -1.01. The van der Waals surface area contributed by atoms with Gasteiger partial charge in [-0.25, -0.2) is 4.57 Å². The summed E-state index contributed by atoms with van der Waals surface area (Å²) in [6.07, 6.45) is 1.77. The molecule has 0 fully saturated rings. The van der Waals surface area contributed by atoms with Crippen molar-refractivity contribution in [2.24, 2.45) is 0 Å². The zero-order valence-electron chi connectivity index (χ0n) is 14.1. The summed E-state index contributed by atoms with van der Waals surface area (Å²) in [6, 6.07) is 7.79. The Morgan fingerprint density at radius 2 is 1.74 bits per heavy atom. The number of likely N-dealkylation sites (N-methyl/N-ethyl adjacent to an activating group) is 1. The molecule has 1 rings (SSSR count). The molecule has 23 heavy (non-hydrogen) atoms. The van der Waals surface area contributed by atoms with Gasteiger partial charge in [-0.05, 0) is 11.1 Å². The molecule has 0 heterocycles. The standard InChI is InChI=1S/C16H26NO5P/c1-5-15-6-8-16(9-7-15)14-20-12-13-22-23(18,19)21-11-10-17(2,3)4/h5-9H,1,10-14H2,2-4H3/p+1. The van der Waals surface area contributed by atoms with E-state index >= 15 is 0 Å². The smallest absolute Gasteiger partial charge is 0.374 e. The van der Waals surface area contributed by atoms with Crippen molar-refractivity contribution >= 4 is 13.9 Å². The van der Waals surface area contributed by atoms with Crippen molar-refractivity contribution in [3.8, 4) is 0 Å². The molecule has 1 unspecified atom stereocenters. The average Bonchev–Trinajstić information content (AvgIpc) is 2.46. The fraction of sp³-hybridized carbons (Fsp3) is 0.500. The van der Waals surface area contributed by atoms with Crippen LogP contribution in [-0.4, -0.2) is 56.9 Å². The second-order valence-electron chi connectivity index (χ2n) is 6.15. The molecule has 0 saturated heterocycles. The SMILES string of the molecule is C=Cc1ccc(COCCOP(=O)(O)OCC[N+](C)(C)C)cc1. The van der Waals surface area contributed by atoms with Crippen LogP contribution in [0.3, 0.4) is 0 Å². The number of rotatable bonds is 11. The number of phosphoric acid groups is 1. The Morgan fingerprint density at radius 1 is 1.13 bits per heavy atom. The Labute approximate surface area is 138 Å². The number of phosphoric ester groups is 1. The van der Waals surface area contributed by atoms with Gasteiger partial charge in [0.15, 0.2) is 0 Å². The van der Waals surface area contributed by atoms with Crippen molar-refractivity contribution in [2.75, 3.05) is 47.5 Å². The maximum Gasteiger partial charge on any atom is 0.472 e. The van der Waals surface area contributed by atoms with E-state index < -0.39 is 7.82 Å². The van der Waals surface area contributed by atoms with Crippen LogP contribution in [0.5, 0.6) is 0 Å². The molecule has 130 valence electrons. The first-order valence-corrected chi connectivity index (χ1v) is 8.93. The molecular weight excluding hydrogens is 317 g/mol. The van der Waals surface area contributed by atoms with Crippen molar-refractivity contribution in [3.05, 3.63) is 42.0 Å². The van der Waals surface area contributed by atoms with Gasteiger partial charge in [-0.15, -0.1) is 0 Å². The predicted molar refractivity (Wildman–Crippen MR) is 90.8 cm³/mol. The van der Waals surface area contributed by atoms with E-state index in [0.717, 1.165) is 11.1 Å². The molecule has 1 aromatic rings. The highest BCUT2D eigenvalue weighted by Crippen LogP contribution is 2.42. The highest BCUT2D eigenvalue weighted by molar-refractivity contribution is 7.47. The van der Waals surface area contributed by atoms with Crippen LogP contribution in [-0.2, 0) is 25.0 Å². The number of hydrogen-bond donors (Lipinski definition) is 1. The molecule has 0 saturated carbocycles. The molecule has 6 nitrogen and oxygen atoms in total. The fourth-order valence-corrected chi connectivity index (χ4v) is 2.31. The molecule has 1 N–H and O–H groups in total. The third-order valence-corrected chi connectivity index (χ3v) is 4.00. The van der Waals surface area contributed by atoms with Gasteiger partial charge in [0.05, 0.1) is 41.0 Å². The van der Waals surface area contributed by atoms with E-state index in [4.69, 9.17) is 13.8 Å². The molecule has 0 aliphatic heterocycles. The van der Waals surface area contributed by atoms with Gasteiger partial charge < -0.3 is 14.1 Å². The third kappa shape index (κ3) is 9.66. The van der Waals surface area contributed by atoms with E-state index in [1.54, 1.807) is 6.08 Å². The predicted octanol–water partition coefficient (Wildman–Crippen LogP) is 2.69. The highest BCUT2D eigenvalue weighted by atomic mass is 31.2. The molecule has 0 spiro atoms. The summed E-state index contributed by atoms with van der Waals surface area (Å²) in [5, 5.41) is 0. The first-order valence-electron chi connectivity index (χ1n) is 7.43. The summed E-state index contributed by atoms with van der Waals surface area (Å²) in [4.78, 5) is 9.52. The third-order valence-electron chi connectivity index (χ3n) is 2.98. The molecule has 7 heteroatoms. The van der Waals surface area contributed by atoms with Crippen molar-refractivity contribution in [3.63, 3.8) is 0 Å². The number of hydrogen-bond acceptors (Lipinski definition) is 4. The molecule has 0 amide bonds. The van der Waals surface area contributed by atoms with Crippen LogP contribution in [0.2, 0.25) is 0 Å². The van der Waals surface area contributed by atoms with E-state index in [2.05, 4.69) is 6.58 Å². The maximum absolute atomic E-state index is 11.6. The number of ether oxygens (including phenoxy) is 1. The first-order chi connectivity index (χ1) is 10.7. The van der Waals surface area contributed by atoms with Gasteiger partial charge in [0, 0.05) is 0 Å². The van der Waals surface area contributed by atoms with Crippen LogP contribution < -0.4 is 0 Å². The summed E-state index contributed by atoms with van der Waals surface area (Å²) < 4.78 is 27.5. The van der Waals surface area contributed by atoms with Crippen LogP contribution >= 0.6 is 7.82 Å². The van der Waals surface area contributed by atoms with Gasteiger partial charge in [0.1, 0.15) is 13.2 Å². The topological polar surface area (TPSA) is 65.0 Å². The van der Waals surface area contributed by atoms with E-state index in [0.29, 0.717) is 17.6 Å². The summed E-state index contributed by atoms with van der Waals surface area (Å²) >= 11 is 0. The quantitative estimate of drug-likeness (QED) is 0.380. The van der Waals surface area contributed by atoms with E-state index in [1.165, 1.54) is 0 Å². The summed E-state index contributed by atoms with van der Waals surface area (Å²) in [5.74, 6) is 0. The Bertz CT molecular complexity index is 524. The molecule has 1 atom stereocenters. The van der Waals surface area contributed by atoms with Crippen molar-refractivity contribution < 1.29 is 27.7 Å². The van der Waals surface area contributed by atoms with Crippen molar-refractivity contribution in [2.45, 2.75) is 6.61 Å². The molecular formula is C16H27NO5P+. The van der Waals surface area contributed by atoms with Crippen molar-refractivity contribution in [1.82, 2.24) is 0 Å². The maximum atomic E-state index is 11.6. The molecule has 1 aromatic carbocycles. The number of benzene rings is 1. The largest absolute Gasteiger partial charge is 0.472 e. The van der Waals surface area contributed by atoms with Gasteiger partial charge in [-0.1, -0.05) is 36.9 Å². The van der Waals surface area contributed by atoms with Gasteiger partial charge in [-0.2, -0.15) is 0 Å². The molecule has 0 aromatic heterocycles. The minimum absolute atomic E-state index is 0.00287. The lowest BCUT2D eigenvalue weighted by Gasteiger charge is -2.24. The average molecular weight is 344 g/mol. The molecule has 0 radical (unpaired) electrons. The normalized spacial score (nSPS) is 14.4. The van der Waals surface area contributed by atoms with Crippen LogP contribution in [0.1, 0.15) is 11.1 Å². The minimum Gasteiger partial charge on any atom is -0.374 e. The van der Waals surface area contributed by atoms with Gasteiger partial charge in [0.25, 0.3) is 0 Å². The number of nitrogens with zero attached hydrogens (tertiary/aromatic N) is 1. The minimum atomic E-state index is -4.00. The van der Waals surface area contributed by atoms with Crippen LogP contribution in [0.15, 0.2) is 30.8 Å². The summed E-state index contributed by atoms with van der Waals surface area (Å²) in [6.45, 7) is 5.10. The van der Waals surface area contributed by atoms with Crippen LogP contribution in [0.4, 0.5) is 0 Å². The van der Waals surface area contributed by atoms with Crippen molar-refractivity contribution in [1.29, 1.82) is 0 Å². The lowest BCUT2D eigenvalue weighted by Crippen LogP contribution is -2.37. The summed E-state index contributed by atoms with van der Waals surface area (Å²) in [7, 11) is 1.92. The lowest BCUT2D eigenvalue weighted by molar-refractivity contribution is -0.870. The Morgan fingerprint density at radius 3 is 2.30 bits per heavy atom. The molecule has 0 aliphatic rings. The zero-order chi connectivity index (χ0) is 17.3.